The van der Waals surface area contributed by atoms with Gasteiger partial charge in [-0.25, -0.2) is 8.42 Å². The Morgan fingerprint density at radius 1 is 1.23 bits per heavy atom. The fourth-order valence-electron chi connectivity index (χ4n) is 2.98. The number of nitrogens with zero attached hydrogens (tertiary/aromatic N) is 3. The van der Waals surface area contributed by atoms with Crippen LogP contribution in [0.15, 0.2) is 36.4 Å². The van der Waals surface area contributed by atoms with E-state index in [1.807, 2.05) is 36.1 Å². The highest BCUT2D eigenvalue weighted by Gasteiger charge is 2.31. The molecule has 0 spiro atoms. The van der Waals surface area contributed by atoms with Gasteiger partial charge in [-0.3, -0.25) is 4.79 Å². The van der Waals surface area contributed by atoms with Gasteiger partial charge in [0.1, 0.15) is 0 Å². The lowest BCUT2D eigenvalue weighted by Gasteiger charge is -2.23. The minimum absolute atomic E-state index is 0.102. The molecular weight excluding hydrogens is 352 g/mol. The number of aryl methyl sites for hydroxylation is 1. The molecule has 1 saturated heterocycles. The minimum atomic E-state index is -2.96. The molecule has 1 aliphatic rings. The zero-order chi connectivity index (χ0) is 18.7. The summed E-state index contributed by atoms with van der Waals surface area (Å²) in [5.41, 5.74) is 2.39. The summed E-state index contributed by atoms with van der Waals surface area (Å²) in [6, 6.07) is 11.1. The second-order valence-electron chi connectivity index (χ2n) is 6.55. The zero-order valence-corrected chi connectivity index (χ0v) is 15.7. The molecule has 1 fully saturated rings. The van der Waals surface area contributed by atoms with Crippen LogP contribution in [0.2, 0.25) is 0 Å². The number of nitrogens with one attached hydrogen (secondary N) is 1. The van der Waals surface area contributed by atoms with Gasteiger partial charge in [-0.2, -0.15) is 0 Å². The zero-order valence-electron chi connectivity index (χ0n) is 14.8. The van der Waals surface area contributed by atoms with Crippen molar-refractivity contribution in [2.45, 2.75) is 25.9 Å². The number of amides is 1. The Morgan fingerprint density at radius 3 is 2.62 bits per heavy atom. The third-order valence-corrected chi connectivity index (χ3v) is 6.45. The van der Waals surface area contributed by atoms with E-state index in [9.17, 15) is 13.2 Å². The molecule has 2 aromatic rings. The van der Waals surface area contributed by atoms with Crippen molar-refractivity contribution in [1.29, 1.82) is 0 Å². The number of aromatic nitrogens is 2. The molecule has 26 heavy (non-hydrogen) atoms. The monoisotopic (exact) mass is 374 g/mol. The van der Waals surface area contributed by atoms with Gasteiger partial charge in [0.05, 0.1) is 11.5 Å². The largest absolute Gasteiger partial charge is 0.354 e. The van der Waals surface area contributed by atoms with Crippen LogP contribution in [0.1, 0.15) is 28.0 Å². The molecule has 1 aromatic heterocycles. The molecule has 2 heterocycles. The van der Waals surface area contributed by atoms with E-state index >= 15 is 0 Å². The average molecular weight is 374 g/mol. The van der Waals surface area contributed by atoms with E-state index in [2.05, 4.69) is 15.5 Å². The standard InChI is InChI=1S/C18H22N4O3S/c1-13-5-3-4-6-14(13)11-19-18(23)16-7-8-17(21-20-16)22(2)15-9-10-26(24,25)12-15/h3-8,15H,9-12H2,1-2H3,(H,19,23). The Balaban J connectivity index is 1.62. The second-order valence-corrected chi connectivity index (χ2v) is 8.78. The molecule has 1 N–H and O–H groups in total. The Bertz CT molecular complexity index is 897. The number of sulfone groups is 1. The topological polar surface area (TPSA) is 92.3 Å². The summed E-state index contributed by atoms with van der Waals surface area (Å²) >= 11 is 0. The van der Waals surface area contributed by atoms with Gasteiger partial charge in [0.15, 0.2) is 21.3 Å². The molecule has 0 bridgehead atoms. The summed E-state index contributed by atoms with van der Waals surface area (Å²) < 4.78 is 23.2. The Kier molecular flexibility index (Phi) is 5.22. The SMILES string of the molecule is Cc1ccccc1CNC(=O)c1ccc(N(C)C2CCS(=O)(=O)C2)nn1. The average Bonchev–Trinajstić information content (AvgIpc) is 3.00. The van der Waals surface area contributed by atoms with Crippen molar-refractivity contribution in [3.05, 3.63) is 53.2 Å². The van der Waals surface area contributed by atoms with Crippen LogP contribution in [0, 0.1) is 6.92 Å². The van der Waals surface area contributed by atoms with Crippen molar-refractivity contribution in [1.82, 2.24) is 15.5 Å². The molecule has 1 atom stereocenters. The van der Waals surface area contributed by atoms with E-state index in [0.717, 1.165) is 11.1 Å². The number of hydrogen-bond donors (Lipinski definition) is 1. The molecule has 1 aliphatic heterocycles. The molecular formula is C18H22N4O3S. The van der Waals surface area contributed by atoms with E-state index in [4.69, 9.17) is 0 Å². The predicted molar refractivity (Wildman–Crippen MR) is 99.8 cm³/mol. The molecule has 8 heteroatoms. The maximum absolute atomic E-state index is 12.2. The van der Waals surface area contributed by atoms with Crippen LogP contribution in [0.4, 0.5) is 5.82 Å². The third kappa shape index (κ3) is 4.19. The van der Waals surface area contributed by atoms with Crippen molar-refractivity contribution < 1.29 is 13.2 Å². The van der Waals surface area contributed by atoms with Gasteiger partial charge >= 0.3 is 0 Å². The van der Waals surface area contributed by atoms with Crippen molar-refractivity contribution in [2.75, 3.05) is 23.5 Å². The summed E-state index contributed by atoms with van der Waals surface area (Å²) in [6.45, 7) is 2.42. The molecule has 1 amide bonds. The maximum atomic E-state index is 12.2. The van der Waals surface area contributed by atoms with Crippen LogP contribution in [-0.4, -0.2) is 49.1 Å². The van der Waals surface area contributed by atoms with E-state index in [0.29, 0.717) is 18.8 Å². The van der Waals surface area contributed by atoms with Crippen LogP contribution in [0.25, 0.3) is 0 Å². The van der Waals surface area contributed by atoms with E-state index in [-0.39, 0.29) is 29.1 Å². The Hall–Kier alpha value is -2.48. The quantitative estimate of drug-likeness (QED) is 0.849. The first-order valence-electron chi connectivity index (χ1n) is 8.45. The van der Waals surface area contributed by atoms with Gasteiger partial charge in [-0.1, -0.05) is 24.3 Å². The van der Waals surface area contributed by atoms with Gasteiger partial charge in [-0.15, -0.1) is 10.2 Å². The fraction of sp³-hybridized carbons (Fsp3) is 0.389. The molecule has 3 rings (SSSR count). The molecule has 0 saturated carbocycles. The van der Waals surface area contributed by atoms with Crippen LogP contribution in [0.5, 0.6) is 0 Å². The fourth-order valence-corrected chi connectivity index (χ4v) is 4.75. The first-order chi connectivity index (χ1) is 12.4. The van der Waals surface area contributed by atoms with Gasteiger partial charge in [-0.05, 0) is 36.6 Å². The Labute approximate surface area is 153 Å². The summed E-state index contributed by atoms with van der Waals surface area (Å²) in [6.07, 6.45) is 0.583. The summed E-state index contributed by atoms with van der Waals surface area (Å²) in [5, 5.41) is 10.9. The van der Waals surface area contributed by atoms with Gasteiger partial charge in [0.25, 0.3) is 5.91 Å². The lowest BCUT2D eigenvalue weighted by Crippen LogP contribution is -2.33. The molecule has 0 radical (unpaired) electrons. The van der Waals surface area contributed by atoms with Crippen LogP contribution in [0.3, 0.4) is 0 Å². The lowest BCUT2D eigenvalue weighted by atomic mass is 10.1. The molecule has 7 nitrogen and oxygen atoms in total. The number of benzene rings is 1. The normalized spacial score (nSPS) is 18.5. The summed E-state index contributed by atoms with van der Waals surface area (Å²) in [5.74, 6) is 0.597. The number of carbonyl (C=O) groups is 1. The van der Waals surface area contributed by atoms with Gasteiger partial charge in [0, 0.05) is 19.6 Å². The van der Waals surface area contributed by atoms with Crippen molar-refractivity contribution >= 4 is 21.6 Å². The number of carbonyl (C=O) groups excluding carboxylic acids is 1. The minimum Gasteiger partial charge on any atom is -0.354 e. The first kappa shape index (κ1) is 18.3. The number of rotatable bonds is 5. The molecule has 1 aromatic carbocycles. The summed E-state index contributed by atoms with van der Waals surface area (Å²) in [7, 11) is -1.16. The van der Waals surface area contributed by atoms with E-state index in [1.165, 1.54) is 0 Å². The highest BCUT2D eigenvalue weighted by molar-refractivity contribution is 7.91. The third-order valence-electron chi connectivity index (χ3n) is 4.70. The lowest BCUT2D eigenvalue weighted by molar-refractivity contribution is 0.0945. The summed E-state index contributed by atoms with van der Waals surface area (Å²) in [4.78, 5) is 14.1. The molecule has 1 unspecified atom stereocenters. The maximum Gasteiger partial charge on any atom is 0.272 e. The van der Waals surface area contributed by atoms with E-state index in [1.54, 1.807) is 19.2 Å². The molecule has 0 aliphatic carbocycles. The van der Waals surface area contributed by atoms with Crippen molar-refractivity contribution in [2.24, 2.45) is 0 Å². The van der Waals surface area contributed by atoms with Crippen molar-refractivity contribution in [3.63, 3.8) is 0 Å². The Morgan fingerprint density at radius 2 is 2.00 bits per heavy atom. The number of anilines is 1. The first-order valence-corrected chi connectivity index (χ1v) is 10.3. The smallest absolute Gasteiger partial charge is 0.272 e. The van der Waals surface area contributed by atoms with Gasteiger partial charge < -0.3 is 10.2 Å². The van der Waals surface area contributed by atoms with Crippen LogP contribution >= 0.6 is 0 Å². The van der Waals surface area contributed by atoms with Gasteiger partial charge in [0.2, 0.25) is 0 Å². The second kappa shape index (κ2) is 7.41. The van der Waals surface area contributed by atoms with E-state index < -0.39 is 9.84 Å². The number of hydrogen-bond acceptors (Lipinski definition) is 6. The highest BCUT2D eigenvalue weighted by atomic mass is 32.2. The van der Waals surface area contributed by atoms with Crippen LogP contribution < -0.4 is 10.2 Å². The van der Waals surface area contributed by atoms with Crippen molar-refractivity contribution in [3.8, 4) is 0 Å². The van der Waals surface area contributed by atoms with Crippen LogP contribution in [-0.2, 0) is 16.4 Å². The molecule has 138 valence electrons. The highest BCUT2D eigenvalue weighted by Crippen LogP contribution is 2.20. The predicted octanol–water partition coefficient (Wildman–Crippen LogP) is 1.34.